The summed E-state index contributed by atoms with van der Waals surface area (Å²) in [6, 6.07) is 5.64. The van der Waals surface area contributed by atoms with E-state index in [1.807, 2.05) is 5.32 Å². The van der Waals surface area contributed by atoms with Crippen LogP contribution in [0.25, 0.3) is 0 Å². The lowest BCUT2D eigenvalue weighted by Crippen LogP contribution is -2.23. The normalized spacial score (nSPS) is 11.1. The second-order valence-corrected chi connectivity index (χ2v) is 5.45. The molecule has 10 heteroatoms. The molecule has 0 aliphatic rings. The molecule has 1 amide bonds. The summed E-state index contributed by atoms with van der Waals surface area (Å²) < 4.78 is 43.5. The molecule has 2 aromatic rings. The minimum Gasteiger partial charge on any atom is -0.452 e. The van der Waals surface area contributed by atoms with Gasteiger partial charge in [-0.05, 0) is 30.3 Å². The van der Waals surface area contributed by atoms with E-state index in [4.69, 9.17) is 27.9 Å². The number of carbonyl (C=O) groups excluding carboxylic acids is 2. The number of pyridine rings is 1. The maximum absolute atomic E-state index is 12.9. The molecule has 1 heterocycles. The number of aromatic nitrogens is 1. The van der Waals surface area contributed by atoms with Gasteiger partial charge < -0.3 is 10.1 Å². The van der Waals surface area contributed by atoms with Crippen molar-refractivity contribution in [1.82, 2.24) is 4.98 Å². The van der Waals surface area contributed by atoms with E-state index in [1.54, 1.807) is 0 Å². The lowest BCUT2D eigenvalue weighted by atomic mass is 10.1. The van der Waals surface area contributed by atoms with Crippen molar-refractivity contribution in [3.8, 4) is 0 Å². The van der Waals surface area contributed by atoms with Crippen molar-refractivity contribution in [2.24, 2.45) is 0 Å². The van der Waals surface area contributed by atoms with Crippen LogP contribution < -0.4 is 5.32 Å². The summed E-state index contributed by atoms with van der Waals surface area (Å²) in [5.41, 5.74) is -1.69. The third-order valence-electron chi connectivity index (χ3n) is 2.87. The summed E-state index contributed by atoms with van der Waals surface area (Å²) in [5.74, 6) is -1.89. The van der Waals surface area contributed by atoms with Gasteiger partial charge in [-0.15, -0.1) is 0 Å². The highest BCUT2D eigenvalue weighted by atomic mass is 35.5. The Morgan fingerprint density at radius 1 is 1.20 bits per heavy atom. The number of alkyl halides is 3. The van der Waals surface area contributed by atoms with Crippen LogP contribution in [0.4, 0.5) is 18.9 Å². The molecule has 0 saturated heterocycles. The molecular formula is C15H9Cl2F3N2O3. The molecule has 1 aromatic heterocycles. The number of halogens is 5. The Hall–Kier alpha value is -2.32. The highest BCUT2D eigenvalue weighted by Gasteiger charge is 2.34. The summed E-state index contributed by atoms with van der Waals surface area (Å²) in [7, 11) is 0. The van der Waals surface area contributed by atoms with Gasteiger partial charge in [0.25, 0.3) is 5.91 Å². The summed E-state index contributed by atoms with van der Waals surface area (Å²) in [5, 5.41) is 1.77. The van der Waals surface area contributed by atoms with E-state index in [2.05, 4.69) is 4.98 Å². The van der Waals surface area contributed by atoms with Crippen LogP contribution in [-0.4, -0.2) is 23.5 Å². The number of carbonyl (C=O) groups is 2. The van der Waals surface area contributed by atoms with Gasteiger partial charge in [0.2, 0.25) is 0 Å². The zero-order valence-electron chi connectivity index (χ0n) is 12.2. The molecule has 2 rings (SSSR count). The number of hydrogen-bond acceptors (Lipinski definition) is 4. The molecule has 1 N–H and O–H groups in total. The van der Waals surface area contributed by atoms with Gasteiger partial charge in [-0.1, -0.05) is 23.2 Å². The van der Waals surface area contributed by atoms with Gasteiger partial charge in [-0.3, -0.25) is 4.79 Å². The Balaban J connectivity index is 2.04. The molecule has 0 aliphatic heterocycles. The van der Waals surface area contributed by atoms with E-state index in [9.17, 15) is 22.8 Å². The zero-order chi connectivity index (χ0) is 18.6. The number of nitrogens with one attached hydrogen (secondary N) is 1. The number of benzene rings is 1. The van der Waals surface area contributed by atoms with Crippen LogP contribution in [0.1, 0.15) is 15.9 Å². The van der Waals surface area contributed by atoms with Crippen molar-refractivity contribution in [2.75, 3.05) is 11.9 Å². The lowest BCUT2D eigenvalue weighted by Gasteiger charge is -2.14. The van der Waals surface area contributed by atoms with Gasteiger partial charge in [0, 0.05) is 11.2 Å². The quantitative estimate of drug-likeness (QED) is 0.625. The van der Waals surface area contributed by atoms with E-state index >= 15 is 0 Å². The van der Waals surface area contributed by atoms with E-state index < -0.39 is 35.9 Å². The fraction of sp³-hybridized carbons (Fsp3) is 0.133. The molecule has 0 saturated carbocycles. The topological polar surface area (TPSA) is 68.3 Å². The Morgan fingerprint density at radius 3 is 2.56 bits per heavy atom. The summed E-state index contributed by atoms with van der Waals surface area (Å²) >= 11 is 11.2. The van der Waals surface area contributed by atoms with Gasteiger partial charge in [0.15, 0.2) is 6.61 Å². The summed E-state index contributed by atoms with van der Waals surface area (Å²) in [4.78, 5) is 27.2. The highest BCUT2D eigenvalue weighted by molar-refractivity contribution is 6.32. The van der Waals surface area contributed by atoms with Crippen LogP contribution in [0.2, 0.25) is 10.2 Å². The predicted octanol–water partition coefficient (Wildman–Crippen LogP) is 4.20. The van der Waals surface area contributed by atoms with E-state index in [0.717, 1.165) is 6.07 Å². The van der Waals surface area contributed by atoms with Gasteiger partial charge in [-0.25, -0.2) is 9.78 Å². The smallest absolute Gasteiger partial charge is 0.418 e. The van der Waals surface area contributed by atoms with Crippen LogP contribution in [0.5, 0.6) is 0 Å². The number of nitrogens with zero attached hydrogens (tertiary/aromatic N) is 1. The Labute approximate surface area is 149 Å². The fourth-order valence-electron chi connectivity index (χ4n) is 1.79. The van der Waals surface area contributed by atoms with Gasteiger partial charge in [0.05, 0.1) is 16.8 Å². The molecule has 1 aromatic carbocycles. The first-order valence-electron chi connectivity index (χ1n) is 6.62. The number of hydrogen-bond donors (Lipinski definition) is 1. The number of anilines is 1. The molecule has 0 spiro atoms. The first-order valence-corrected chi connectivity index (χ1v) is 7.38. The summed E-state index contributed by atoms with van der Waals surface area (Å²) in [6.07, 6.45) is -3.36. The molecule has 132 valence electrons. The van der Waals surface area contributed by atoms with Crippen LogP contribution in [0.15, 0.2) is 36.5 Å². The highest BCUT2D eigenvalue weighted by Crippen LogP contribution is 2.36. The Morgan fingerprint density at radius 2 is 1.92 bits per heavy atom. The molecule has 0 unspecified atom stereocenters. The molecule has 25 heavy (non-hydrogen) atoms. The van der Waals surface area contributed by atoms with Crippen LogP contribution in [-0.2, 0) is 15.7 Å². The Kier molecular flexibility index (Phi) is 5.86. The SMILES string of the molecule is O=C(COC(=O)c1cccnc1Cl)Nc1ccc(Cl)cc1C(F)(F)F. The maximum Gasteiger partial charge on any atom is 0.418 e. The van der Waals surface area contributed by atoms with Crippen molar-refractivity contribution >= 4 is 40.8 Å². The van der Waals surface area contributed by atoms with Crippen molar-refractivity contribution in [3.05, 3.63) is 57.8 Å². The second kappa shape index (κ2) is 7.71. The number of amides is 1. The average Bonchev–Trinajstić information content (AvgIpc) is 2.54. The molecule has 0 atom stereocenters. The Bertz CT molecular complexity index is 813. The van der Waals surface area contributed by atoms with Crippen molar-refractivity contribution < 1.29 is 27.5 Å². The largest absolute Gasteiger partial charge is 0.452 e. The minimum atomic E-state index is -4.71. The number of ether oxygens (including phenoxy) is 1. The van der Waals surface area contributed by atoms with Gasteiger partial charge >= 0.3 is 12.1 Å². The zero-order valence-corrected chi connectivity index (χ0v) is 13.7. The molecule has 5 nitrogen and oxygen atoms in total. The van der Waals surface area contributed by atoms with Crippen LogP contribution in [0.3, 0.4) is 0 Å². The van der Waals surface area contributed by atoms with Crippen LogP contribution >= 0.6 is 23.2 Å². The molecule has 0 bridgehead atoms. The molecule has 0 aliphatic carbocycles. The van der Waals surface area contributed by atoms with Gasteiger partial charge in [0.1, 0.15) is 5.15 Å². The monoisotopic (exact) mass is 392 g/mol. The average molecular weight is 393 g/mol. The van der Waals surface area contributed by atoms with Crippen LogP contribution in [0, 0.1) is 0 Å². The third-order valence-corrected chi connectivity index (χ3v) is 3.41. The van der Waals surface area contributed by atoms with Crippen molar-refractivity contribution in [3.63, 3.8) is 0 Å². The lowest BCUT2D eigenvalue weighted by molar-refractivity contribution is -0.137. The molecular weight excluding hydrogens is 384 g/mol. The van der Waals surface area contributed by atoms with E-state index in [0.29, 0.717) is 6.07 Å². The van der Waals surface area contributed by atoms with E-state index in [-0.39, 0.29) is 15.7 Å². The summed E-state index contributed by atoms with van der Waals surface area (Å²) in [6.45, 7) is -0.802. The van der Waals surface area contributed by atoms with Gasteiger partial charge in [-0.2, -0.15) is 13.2 Å². The molecule has 0 radical (unpaired) electrons. The second-order valence-electron chi connectivity index (χ2n) is 4.65. The number of rotatable bonds is 4. The first-order chi connectivity index (χ1) is 11.7. The van der Waals surface area contributed by atoms with E-state index in [1.165, 1.54) is 24.4 Å². The van der Waals surface area contributed by atoms with Crippen molar-refractivity contribution in [2.45, 2.75) is 6.18 Å². The standard InChI is InChI=1S/C15H9Cl2F3N2O3/c16-8-3-4-11(10(6-8)15(18,19)20)22-12(23)7-25-14(24)9-2-1-5-21-13(9)17/h1-6H,7H2,(H,22,23). The number of esters is 1. The fourth-order valence-corrected chi connectivity index (χ4v) is 2.16. The first kappa shape index (κ1) is 19.0. The maximum atomic E-state index is 12.9. The van der Waals surface area contributed by atoms with Crippen molar-refractivity contribution in [1.29, 1.82) is 0 Å². The molecule has 0 fully saturated rings. The third kappa shape index (κ3) is 5.07. The predicted molar refractivity (Wildman–Crippen MR) is 84.6 cm³/mol. The minimum absolute atomic E-state index is 0.0700.